The number of aromatic hydroxyl groups is 7. The molecular weight excluding hydrogens is 1320 g/mol. The molecule has 0 fully saturated rings. The first-order valence-corrected chi connectivity index (χ1v) is 38.9. The van der Waals surface area contributed by atoms with E-state index in [-0.39, 0.29) is 147 Å². The van der Waals surface area contributed by atoms with Crippen molar-refractivity contribution < 1.29 is 40.5 Å². The van der Waals surface area contributed by atoms with E-state index >= 15 is 0 Å². The molecule has 7 N–H and O–H groups in total. The Hall–Kier alpha value is -8.62. The molecule has 107 heavy (non-hydrogen) atoms. The first-order valence-electron chi connectivity index (χ1n) is 38.9. The second-order valence-corrected chi connectivity index (χ2v) is 40.8. The molecule has 0 saturated carbocycles. The standard InChI is InChI=1S/C99H126O8/c1-91(2,3)74-30-28-57(29-31-74)56-107-90-72-38-70-52-80(97(19,20)21)50-68(88(70)105)36-66-48-78(95(13,14)15)46-64(86(66)103)34-62-44-76(93(7,8)9)42-60(84(62)101)32-58-40-75(92(4,5)6)41-59(83(58)100)33-61-43-77(94(10,11)12)45-63(85(61)102)35-65-47-79(96(16,17)18)49-67(87(65)104)37-69-51-81(98(22,23)24)53-71(89(69)106)39-73(90)55-82(54-72)99(25,26)27/h28-31,40-55,100-106H,32-39,56H2,1-27H3. The monoisotopic (exact) mass is 1440 g/mol. The molecule has 9 aromatic rings. The van der Waals surface area contributed by atoms with E-state index in [2.05, 4.69) is 308 Å². The van der Waals surface area contributed by atoms with Gasteiger partial charge < -0.3 is 40.5 Å². The third kappa shape index (κ3) is 18.2. The molecule has 8 nitrogen and oxygen atoms in total. The SMILES string of the molecule is CC(C)(C)c1ccc(COc2c3cc(C(C)(C)C)cc2Cc2cc(C(C)(C)C)cc(c2O)Cc2cc(C(C)(C)C)cc(c2O)Cc2cc(C(C)(C)C)cc(c2O)Cc2cc(C(C)(C)C)cc(c2O)Cc2cc(C(C)(C)C)cc(c2O)Cc2cc(C(C)(C)C)cc(c2O)Cc2cc(C(C)(C)C)cc(c2O)C3)cc1. The highest BCUT2D eigenvalue weighted by Gasteiger charge is 2.32. The van der Waals surface area contributed by atoms with Crippen molar-refractivity contribution in [1.29, 1.82) is 0 Å². The van der Waals surface area contributed by atoms with E-state index in [1.807, 2.05) is 0 Å². The normalized spacial score (nSPS) is 14.1. The molecule has 0 spiro atoms. The molecule has 0 amide bonds. The smallest absolute Gasteiger partial charge is 0.126 e. The minimum Gasteiger partial charge on any atom is -0.507 e. The molecule has 570 valence electrons. The second kappa shape index (κ2) is 28.7. The van der Waals surface area contributed by atoms with Crippen molar-refractivity contribution >= 4 is 0 Å². The molecule has 0 saturated heterocycles. The number of benzene rings is 9. The summed E-state index contributed by atoms with van der Waals surface area (Å²) in [4.78, 5) is 0. The van der Waals surface area contributed by atoms with Crippen LogP contribution in [0.1, 0.15) is 332 Å². The van der Waals surface area contributed by atoms with Crippen molar-refractivity contribution in [3.63, 3.8) is 0 Å². The van der Waals surface area contributed by atoms with E-state index in [4.69, 9.17) is 4.74 Å². The third-order valence-electron chi connectivity index (χ3n) is 22.3. The maximum Gasteiger partial charge on any atom is 0.126 e. The van der Waals surface area contributed by atoms with Crippen molar-refractivity contribution in [3.8, 4) is 46.0 Å². The van der Waals surface area contributed by atoms with Crippen LogP contribution < -0.4 is 4.74 Å². The fraction of sp³-hybridized carbons (Fsp3) is 0.455. The number of fused-ring (bicyclic) bond motifs is 16. The predicted octanol–water partition coefficient (Wildman–Crippen LogP) is 23.9. The average Bonchev–Trinajstić information content (AvgIpc) is 0.774. The van der Waals surface area contributed by atoms with Gasteiger partial charge in [-0.3, -0.25) is 0 Å². The summed E-state index contributed by atoms with van der Waals surface area (Å²) in [6.45, 7) is 59.0. The van der Waals surface area contributed by atoms with Gasteiger partial charge in [-0.2, -0.15) is 0 Å². The van der Waals surface area contributed by atoms with E-state index in [0.29, 0.717) is 83.6 Å². The Morgan fingerprint density at radius 1 is 0.196 bits per heavy atom. The zero-order valence-corrected chi connectivity index (χ0v) is 69.9. The minimum atomic E-state index is -0.370. The van der Waals surface area contributed by atoms with Crippen LogP contribution in [0, 0.1) is 0 Å². The van der Waals surface area contributed by atoms with Gasteiger partial charge in [0, 0.05) is 51.4 Å². The number of phenolic OH excluding ortho intramolecular Hbond substituents is 7. The highest BCUT2D eigenvalue weighted by atomic mass is 16.5. The van der Waals surface area contributed by atoms with E-state index < -0.39 is 0 Å². The molecule has 16 bridgehead atoms. The van der Waals surface area contributed by atoms with Gasteiger partial charge >= 0.3 is 0 Å². The van der Waals surface area contributed by atoms with Crippen LogP contribution in [-0.2, 0) is 107 Å². The van der Waals surface area contributed by atoms with E-state index in [1.165, 1.54) is 5.56 Å². The molecular formula is C99H126O8. The number of ether oxygens (including phenoxy) is 1. The van der Waals surface area contributed by atoms with Crippen molar-refractivity contribution in [3.05, 3.63) is 266 Å². The van der Waals surface area contributed by atoms with Gasteiger partial charge in [0.15, 0.2) is 0 Å². The van der Waals surface area contributed by atoms with E-state index in [1.54, 1.807) is 0 Å². The summed E-state index contributed by atoms with van der Waals surface area (Å²) in [6, 6.07) is 42.2. The van der Waals surface area contributed by atoms with Gasteiger partial charge in [0.2, 0.25) is 0 Å². The summed E-state index contributed by atoms with van der Waals surface area (Å²) in [5.41, 5.74) is 18.1. The zero-order valence-electron chi connectivity index (χ0n) is 69.9. The molecule has 0 aromatic heterocycles. The maximum absolute atomic E-state index is 13.2. The maximum atomic E-state index is 13.2. The third-order valence-corrected chi connectivity index (χ3v) is 22.3. The van der Waals surface area contributed by atoms with Crippen LogP contribution >= 0.6 is 0 Å². The van der Waals surface area contributed by atoms with Crippen LogP contribution in [-0.4, -0.2) is 35.7 Å². The van der Waals surface area contributed by atoms with Crippen molar-refractivity contribution in [2.45, 2.75) is 294 Å². The Balaban J connectivity index is 1.28. The van der Waals surface area contributed by atoms with Gasteiger partial charge in [0.1, 0.15) is 52.6 Å². The summed E-state index contributed by atoms with van der Waals surface area (Å²) in [7, 11) is 0. The lowest BCUT2D eigenvalue weighted by atomic mass is 9.79. The number of rotatable bonds is 3. The lowest BCUT2D eigenvalue weighted by molar-refractivity contribution is 0.300. The lowest BCUT2D eigenvalue weighted by Gasteiger charge is -2.27. The molecule has 0 radical (unpaired) electrons. The first kappa shape index (κ1) is 80.9. The van der Waals surface area contributed by atoms with Gasteiger partial charge in [-0.05, 0) is 193 Å². The summed E-state index contributed by atoms with van der Waals surface area (Å²) in [6.07, 6.45) is 1.70. The topological polar surface area (TPSA) is 151 Å². The Morgan fingerprint density at radius 3 is 0.467 bits per heavy atom. The lowest BCUT2D eigenvalue weighted by Crippen LogP contribution is -2.16. The quantitative estimate of drug-likeness (QED) is 0.0924. The molecule has 1 aliphatic carbocycles. The predicted molar refractivity (Wildman–Crippen MR) is 445 cm³/mol. The summed E-state index contributed by atoms with van der Waals surface area (Å²) in [5, 5.41) is 91.3. The zero-order chi connectivity index (χ0) is 79.3. The molecule has 0 unspecified atom stereocenters. The largest absolute Gasteiger partial charge is 0.507 e. The Labute approximate surface area is 642 Å². The van der Waals surface area contributed by atoms with Crippen molar-refractivity contribution in [1.82, 2.24) is 0 Å². The van der Waals surface area contributed by atoms with Gasteiger partial charge in [-0.25, -0.2) is 0 Å². The fourth-order valence-electron chi connectivity index (χ4n) is 14.8. The minimum absolute atomic E-state index is 0.0520. The molecule has 1 aliphatic rings. The summed E-state index contributed by atoms with van der Waals surface area (Å²) in [5.74, 6) is 1.33. The number of phenols is 7. The van der Waals surface area contributed by atoms with Crippen molar-refractivity contribution in [2.24, 2.45) is 0 Å². The van der Waals surface area contributed by atoms with Gasteiger partial charge in [-0.1, -0.05) is 308 Å². The van der Waals surface area contributed by atoms with E-state index in [0.717, 1.165) is 61.2 Å². The van der Waals surface area contributed by atoms with Crippen LogP contribution in [0.4, 0.5) is 0 Å². The second-order valence-electron chi connectivity index (χ2n) is 40.8. The van der Waals surface area contributed by atoms with Crippen molar-refractivity contribution in [2.75, 3.05) is 0 Å². The molecule has 8 heteroatoms. The summed E-state index contributed by atoms with van der Waals surface area (Å²) < 4.78 is 7.33. The number of hydrogen-bond donors (Lipinski definition) is 7. The van der Waals surface area contributed by atoms with Gasteiger partial charge in [0.25, 0.3) is 0 Å². The van der Waals surface area contributed by atoms with Crippen LogP contribution in [0.2, 0.25) is 0 Å². The Morgan fingerprint density at radius 2 is 0.327 bits per heavy atom. The molecule has 10 rings (SSSR count). The molecule has 0 heterocycles. The average molecular weight is 1440 g/mol. The van der Waals surface area contributed by atoms with Crippen LogP contribution in [0.3, 0.4) is 0 Å². The van der Waals surface area contributed by atoms with Crippen LogP contribution in [0.15, 0.2) is 121 Å². The first-order chi connectivity index (χ1) is 49.0. The Kier molecular flexibility index (Phi) is 21.7. The fourth-order valence-corrected chi connectivity index (χ4v) is 14.8. The van der Waals surface area contributed by atoms with E-state index in [9.17, 15) is 35.7 Å². The molecule has 9 aromatic carbocycles. The molecule has 0 atom stereocenters. The highest BCUT2D eigenvalue weighted by molar-refractivity contribution is 5.62. The van der Waals surface area contributed by atoms with Gasteiger partial charge in [-0.15, -0.1) is 0 Å². The van der Waals surface area contributed by atoms with Gasteiger partial charge in [0.05, 0.1) is 0 Å². The number of hydrogen-bond acceptors (Lipinski definition) is 8. The van der Waals surface area contributed by atoms with Crippen LogP contribution in [0.5, 0.6) is 46.0 Å². The van der Waals surface area contributed by atoms with Crippen LogP contribution in [0.25, 0.3) is 0 Å². The Bertz CT molecular complexity index is 4600. The highest BCUT2D eigenvalue weighted by Crippen LogP contribution is 2.48. The molecule has 0 aliphatic heterocycles. The summed E-state index contributed by atoms with van der Waals surface area (Å²) >= 11 is 0.